The zero-order valence-corrected chi connectivity index (χ0v) is 13.7. The summed E-state index contributed by atoms with van der Waals surface area (Å²) in [5.74, 6) is 0.383. The molecule has 0 saturated carbocycles. The number of amides is 1. The van der Waals surface area contributed by atoms with Gasteiger partial charge in [0.1, 0.15) is 5.82 Å². The van der Waals surface area contributed by atoms with Gasteiger partial charge in [0.05, 0.1) is 11.3 Å². The van der Waals surface area contributed by atoms with Gasteiger partial charge < -0.3 is 11.1 Å². The van der Waals surface area contributed by atoms with Gasteiger partial charge in [-0.2, -0.15) is 5.10 Å². The van der Waals surface area contributed by atoms with E-state index in [1.54, 1.807) is 24.0 Å². The van der Waals surface area contributed by atoms with Crippen LogP contribution in [0.3, 0.4) is 0 Å². The molecule has 6 nitrogen and oxygen atoms in total. The van der Waals surface area contributed by atoms with Crippen LogP contribution in [0.2, 0.25) is 0 Å². The van der Waals surface area contributed by atoms with E-state index >= 15 is 0 Å². The molecule has 0 aliphatic heterocycles. The lowest BCUT2D eigenvalue weighted by molar-refractivity contribution is 0.102. The monoisotopic (exact) mass is 321 g/mol. The zero-order valence-electron chi connectivity index (χ0n) is 13.7. The fourth-order valence-electron chi connectivity index (χ4n) is 2.49. The first-order chi connectivity index (χ1) is 11.6. The average Bonchev–Trinajstić information content (AvgIpc) is 2.95. The molecule has 3 rings (SSSR count). The Bertz CT molecular complexity index is 885. The molecule has 1 aromatic carbocycles. The quantitative estimate of drug-likeness (QED) is 0.773. The number of anilines is 1. The highest BCUT2D eigenvalue weighted by molar-refractivity contribution is 6.03. The van der Waals surface area contributed by atoms with Crippen LogP contribution < -0.4 is 11.1 Å². The van der Waals surface area contributed by atoms with Crippen LogP contribution in [-0.2, 0) is 13.6 Å². The minimum Gasteiger partial charge on any atom is -0.326 e. The van der Waals surface area contributed by atoms with E-state index in [1.807, 2.05) is 37.3 Å². The van der Waals surface area contributed by atoms with Crippen molar-refractivity contribution in [2.45, 2.75) is 13.5 Å². The van der Waals surface area contributed by atoms with Crippen LogP contribution in [0.15, 0.2) is 48.8 Å². The van der Waals surface area contributed by atoms with Crippen molar-refractivity contribution in [3.63, 3.8) is 0 Å². The molecule has 0 aliphatic rings. The summed E-state index contributed by atoms with van der Waals surface area (Å²) in [5.41, 5.74) is 9.87. The van der Waals surface area contributed by atoms with Crippen molar-refractivity contribution in [3.05, 3.63) is 65.5 Å². The Hall–Kier alpha value is -2.99. The molecule has 0 bridgehead atoms. The van der Waals surface area contributed by atoms with Crippen LogP contribution in [0, 0.1) is 6.92 Å². The summed E-state index contributed by atoms with van der Waals surface area (Å²) in [5, 5.41) is 7.36. The Kier molecular flexibility index (Phi) is 4.39. The highest BCUT2D eigenvalue weighted by Gasteiger charge is 2.13. The van der Waals surface area contributed by atoms with E-state index < -0.39 is 0 Å². The maximum absolute atomic E-state index is 12.4. The molecule has 0 fully saturated rings. The van der Waals surface area contributed by atoms with E-state index in [2.05, 4.69) is 15.4 Å². The lowest BCUT2D eigenvalue weighted by Gasteiger charge is -2.05. The highest BCUT2D eigenvalue weighted by atomic mass is 16.1. The molecule has 2 aromatic heterocycles. The topological polar surface area (TPSA) is 85.8 Å². The summed E-state index contributed by atoms with van der Waals surface area (Å²) in [6.07, 6.45) is 3.17. The summed E-state index contributed by atoms with van der Waals surface area (Å²) in [6, 6.07) is 11.6. The Balaban J connectivity index is 1.86. The lowest BCUT2D eigenvalue weighted by Crippen LogP contribution is -2.15. The molecular weight excluding hydrogens is 302 g/mol. The van der Waals surface area contributed by atoms with Crippen molar-refractivity contribution >= 4 is 11.7 Å². The van der Waals surface area contributed by atoms with Gasteiger partial charge in [-0.3, -0.25) is 14.5 Å². The maximum atomic E-state index is 12.4. The Morgan fingerprint density at radius 1 is 1.25 bits per heavy atom. The molecule has 0 unspecified atom stereocenters. The van der Waals surface area contributed by atoms with Crippen LogP contribution >= 0.6 is 0 Å². The highest BCUT2D eigenvalue weighted by Crippen LogP contribution is 2.24. The van der Waals surface area contributed by atoms with Gasteiger partial charge in [-0.15, -0.1) is 0 Å². The first-order valence-electron chi connectivity index (χ1n) is 7.64. The third-order valence-electron chi connectivity index (χ3n) is 3.84. The summed E-state index contributed by atoms with van der Waals surface area (Å²) in [7, 11) is 1.80. The number of aromatic nitrogens is 3. The molecule has 0 radical (unpaired) electrons. The van der Waals surface area contributed by atoms with Crippen LogP contribution in [-0.4, -0.2) is 20.7 Å². The van der Waals surface area contributed by atoms with Crippen LogP contribution in [0.5, 0.6) is 0 Å². The molecule has 6 heteroatoms. The SMILES string of the molecule is Cc1ccccc1-c1cc(NC(=O)c2cncc(CN)c2)n(C)n1. The first-order valence-corrected chi connectivity index (χ1v) is 7.64. The minimum absolute atomic E-state index is 0.239. The van der Waals surface area contributed by atoms with Crippen molar-refractivity contribution in [3.8, 4) is 11.3 Å². The van der Waals surface area contributed by atoms with E-state index in [9.17, 15) is 4.79 Å². The van der Waals surface area contributed by atoms with Crippen LogP contribution in [0.25, 0.3) is 11.3 Å². The molecular formula is C18H19N5O. The third-order valence-corrected chi connectivity index (χ3v) is 3.84. The van der Waals surface area contributed by atoms with Crippen molar-refractivity contribution in [1.29, 1.82) is 0 Å². The number of hydrogen-bond acceptors (Lipinski definition) is 4. The number of aryl methyl sites for hydroxylation is 2. The maximum Gasteiger partial charge on any atom is 0.258 e. The standard InChI is InChI=1S/C18H19N5O/c1-12-5-3-4-6-15(12)16-8-17(23(2)22-16)21-18(24)14-7-13(9-19)10-20-11-14/h3-8,10-11H,9,19H2,1-2H3,(H,21,24). The molecule has 122 valence electrons. The number of nitrogens with zero attached hydrogens (tertiary/aromatic N) is 3. The second-order valence-corrected chi connectivity index (χ2v) is 5.59. The molecule has 3 aromatic rings. The van der Waals surface area contributed by atoms with E-state index in [1.165, 1.54) is 6.20 Å². The number of nitrogens with one attached hydrogen (secondary N) is 1. The van der Waals surface area contributed by atoms with Gasteiger partial charge >= 0.3 is 0 Å². The van der Waals surface area contributed by atoms with Crippen molar-refractivity contribution < 1.29 is 4.79 Å². The number of hydrogen-bond donors (Lipinski definition) is 2. The molecule has 0 atom stereocenters. The Morgan fingerprint density at radius 3 is 2.79 bits per heavy atom. The lowest BCUT2D eigenvalue weighted by atomic mass is 10.1. The van der Waals surface area contributed by atoms with Gasteiger partial charge in [-0.05, 0) is 24.1 Å². The second-order valence-electron chi connectivity index (χ2n) is 5.59. The smallest absolute Gasteiger partial charge is 0.258 e. The summed E-state index contributed by atoms with van der Waals surface area (Å²) >= 11 is 0. The number of nitrogens with two attached hydrogens (primary N) is 1. The molecule has 0 spiro atoms. The van der Waals surface area contributed by atoms with Crippen LogP contribution in [0.1, 0.15) is 21.5 Å². The van der Waals surface area contributed by atoms with Gasteiger partial charge in [-0.25, -0.2) is 0 Å². The summed E-state index contributed by atoms with van der Waals surface area (Å²) in [6.45, 7) is 2.38. The predicted molar refractivity (Wildman–Crippen MR) is 93.5 cm³/mol. The molecule has 3 N–H and O–H groups in total. The molecule has 24 heavy (non-hydrogen) atoms. The fourth-order valence-corrected chi connectivity index (χ4v) is 2.49. The number of carbonyl (C=O) groups excluding carboxylic acids is 1. The van der Waals surface area contributed by atoms with Gasteiger partial charge in [0.15, 0.2) is 0 Å². The van der Waals surface area contributed by atoms with Gasteiger partial charge in [0.2, 0.25) is 0 Å². The Morgan fingerprint density at radius 2 is 2.04 bits per heavy atom. The number of rotatable bonds is 4. The molecule has 1 amide bonds. The molecule has 0 saturated heterocycles. The number of benzene rings is 1. The average molecular weight is 321 g/mol. The first kappa shape index (κ1) is 15.9. The van der Waals surface area contributed by atoms with Crippen molar-refractivity contribution in [2.75, 3.05) is 5.32 Å². The summed E-state index contributed by atoms with van der Waals surface area (Å²) < 4.78 is 1.65. The summed E-state index contributed by atoms with van der Waals surface area (Å²) in [4.78, 5) is 16.5. The largest absolute Gasteiger partial charge is 0.326 e. The van der Waals surface area contributed by atoms with Crippen molar-refractivity contribution in [2.24, 2.45) is 12.8 Å². The molecule has 2 heterocycles. The normalized spacial score (nSPS) is 10.6. The number of pyridine rings is 1. The van der Waals surface area contributed by atoms with E-state index in [4.69, 9.17) is 5.73 Å². The van der Waals surface area contributed by atoms with E-state index in [-0.39, 0.29) is 5.91 Å². The van der Waals surface area contributed by atoms with E-state index in [0.717, 1.165) is 22.4 Å². The predicted octanol–water partition coefficient (Wildman–Crippen LogP) is 2.50. The number of carbonyl (C=O) groups is 1. The fraction of sp³-hybridized carbons (Fsp3) is 0.167. The van der Waals surface area contributed by atoms with Gasteiger partial charge in [0, 0.05) is 37.6 Å². The minimum atomic E-state index is -0.239. The van der Waals surface area contributed by atoms with E-state index in [0.29, 0.717) is 17.9 Å². The zero-order chi connectivity index (χ0) is 17.1. The van der Waals surface area contributed by atoms with Crippen LogP contribution in [0.4, 0.5) is 5.82 Å². The second kappa shape index (κ2) is 6.64. The molecule has 0 aliphatic carbocycles. The van der Waals surface area contributed by atoms with Gasteiger partial charge in [-0.1, -0.05) is 24.3 Å². The third kappa shape index (κ3) is 3.18. The Labute approximate surface area is 140 Å². The van der Waals surface area contributed by atoms with Crippen molar-refractivity contribution in [1.82, 2.24) is 14.8 Å². The van der Waals surface area contributed by atoms with Gasteiger partial charge in [0.25, 0.3) is 5.91 Å².